The molecule has 0 aromatic heterocycles. The molecule has 0 saturated heterocycles. The molecule has 1 heterocycles. The van der Waals surface area contributed by atoms with Crippen LogP contribution in [0.4, 0.5) is 0 Å². The van der Waals surface area contributed by atoms with Gasteiger partial charge in [-0.05, 0) is 37.3 Å². The van der Waals surface area contributed by atoms with E-state index in [-0.39, 0.29) is 17.6 Å². The summed E-state index contributed by atoms with van der Waals surface area (Å²) in [5.41, 5.74) is 4.16. The van der Waals surface area contributed by atoms with E-state index >= 15 is 0 Å². The first kappa shape index (κ1) is 11.5. The number of benzene rings is 1. The molecule has 19 heavy (non-hydrogen) atoms. The largest absolute Gasteiger partial charge is 0.488 e. The minimum Gasteiger partial charge on any atom is -0.488 e. The fourth-order valence-corrected chi connectivity index (χ4v) is 4.14. The fraction of sp³-hybridized carbons (Fsp3) is 0.529. The highest BCUT2D eigenvalue weighted by Gasteiger charge is 2.51. The Labute approximate surface area is 114 Å². The van der Waals surface area contributed by atoms with Crippen LogP contribution in [0.25, 0.3) is 0 Å². The lowest BCUT2D eigenvalue weighted by Gasteiger charge is -2.35. The van der Waals surface area contributed by atoms with Crippen molar-refractivity contribution in [1.82, 2.24) is 0 Å². The van der Waals surface area contributed by atoms with Gasteiger partial charge in [-0.2, -0.15) is 0 Å². The molecule has 3 atom stereocenters. The SMILES string of the molecule is Cc1ccc2c3c1O[C@H]1C[C@@H](O)C=C[C@@]31CCCC2. The van der Waals surface area contributed by atoms with Crippen LogP contribution >= 0.6 is 0 Å². The van der Waals surface area contributed by atoms with Crippen LogP contribution in [0.1, 0.15) is 42.4 Å². The van der Waals surface area contributed by atoms with Gasteiger partial charge in [-0.1, -0.05) is 30.7 Å². The van der Waals surface area contributed by atoms with Crippen molar-refractivity contribution in [1.29, 1.82) is 0 Å². The lowest BCUT2D eigenvalue weighted by molar-refractivity contribution is 0.0853. The summed E-state index contributed by atoms with van der Waals surface area (Å²) in [6.45, 7) is 2.13. The minimum absolute atomic E-state index is 0.0341. The molecule has 1 spiro atoms. The highest BCUT2D eigenvalue weighted by Crippen LogP contribution is 2.54. The Bertz CT molecular complexity index is 561. The van der Waals surface area contributed by atoms with Crippen molar-refractivity contribution in [3.8, 4) is 5.75 Å². The van der Waals surface area contributed by atoms with Crippen molar-refractivity contribution >= 4 is 0 Å². The molecular weight excluding hydrogens is 236 g/mol. The van der Waals surface area contributed by atoms with Gasteiger partial charge in [-0.3, -0.25) is 0 Å². The third-order valence-electron chi connectivity index (χ3n) is 5.10. The summed E-state index contributed by atoms with van der Waals surface area (Å²) < 4.78 is 6.27. The van der Waals surface area contributed by atoms with Gasteiger partial charge in [0.05, 0.1) is 11.5 Å². The number of aliphatic hydroxyl groups is 1. The Kier molecular flexibility index (Phi) is 2.34. The van der Waals surface area contributed by atoms with Crippen molar-refractivity contribution in [2.45, 2.75) is 56.7 Å². The Morgan fingerprint density at radius 2 is 2.21 bits per heavy atom. The highest BCUT2D eigenvalue weighted by atomic mass is 16.5. The molecule has 2 aliphatic carbocycles. The monoisotopic (exact) mass is 256 g/mol. The van der Waals surface area contributed by atoms with Crippen LogP contribution < -0.4 is 4.74 Å². The van der Waals surface area contributed by atoms with Crippen LogP contribution in [-0.4, -0.2) is 17.3 Å². The molecule has 2 heteroatoms. The number of hydrogen-bond acceptors (Lipinski definition) is 2. The molecule has 1 aromatic carbocycles. The molecule has 0 saturated carbocycles. The first-order valence-electron chi connectivity index (χ1n) is 7.38. The van der Waals surface area contributed by atoms with E-state index in [1.165, 1.54) is 29.5 Å². The summed E-state index contributed by atoms with van der Waals surface area (Å²) in [6.07, 6.45) is 9.55. The van der Waals surface area contributed by atoms with Crippen LogP contribution in [0.15, 0.2) is 24.3 Å². The zero-order chi connectivity index (χ0) is 13.0. The summed E-state index contributed by atoms with van der Waals surface area (Å²) in [6, 6.07) is 4.47. The van der Waals surface area contributed by atoms with E-state index in [0.717, 1.165) is 25.0 Å². The van der Waals surface area contributed by atoms with Gasteiger partial charge < -0.3 is 9.84 Å². The van der Waals surface area contributed by atoms with Crippen LogP contribution in [0, 0.1) is 6.92 Å². The molecule has 1 N–H and O–H groups in total. The summed E-state index contributed by atoms with van der Waals surface area (Å²) in [4.78, 5) is 0. The van der Waals surface area contributed by atoms with Crippen LogP contribution in [0.3, 0.4) is 0 Å². The molecule has 1 aliphatic heterocycles. The van der Waals surface area contributed by atoms with Crippen LogP contribution in [0.2, 0.25) is 0 Å². The Balaban J connectivity index is 1.98. The van der Waals surface area contributed by atoms with Gasteiger partial charge in [0.1, 0.15) is 11.9 Å². The van der Waals surface area contributed by atoms with Gasteiger partial charge in [0.15, 0.2) is 0 Å². The first-order valence-corrected chi connectivity index (χ1v) is 7.38. The van der Waals surface area contributed by atoms with Crippen molar-refractivity contribution in [3.63, 3.8) is 0 Å². The van der Waals surface area contributed by atoms with Gasteiger partial charge in [0.2, 0.25) is 0 Å². The molecule has 0 unspecified atom stereocenters. The molecular formula is C17H20O2. The smallest absolute Gasteiger partial charge is 0.127 e. The van der Waals surface area contributed by atoms with Crippen molar-refractivity contribution in [2.75, 3.05) is 0 Å². The average Bonchev–Trinajstić information content (AvgIpc) is 2.61. The summed E-state index contributed by atoms with van der Waals surface area (Å²) >= 11 is 0. The van der Waals surface area contributed by atoms with Gasteiger partial charge in [-0.15, -0.1) is 0 Å². The molecule has 3 aliphatic rings. The average molecular weight is 256 g/mol. The minimum atomic E-state index is -0.350. The first-order chi connectivity index (χ1) is 9.21. The summed E-state index contributed by atoms with van der Waals surface area (Å²) in [5, 5.41) is 9.91. The summed E-state index contributed by atoms with van der Waals surface area (Å²) in [7, 11) is 0. The maximum atomic E-state index is 9.91. The normalized spacial score (nSPS) is 35.3. The second-order valence-corrected chi connectivity index (χ2v) is 6.26. The second kappa shape index (κ2) is 3.86. The van der Waals surface area contributed by atoms with E-state index in [1.807, 2.05) is 6.08 Å². The number of aliphatic hydroxyl groups excluding tert-OH is 1. The van der Waals surface area contributed by atoms with Gasteiger partial charge in [-0.25, -0.2) is 0 Å². The number of rotatable bonds is 0. The third-order valence-corrected chi connectivity index (χ3v) is 5.10. The predicted molar refractivity (Wildman–Crippen MR) is 74.6 cm³/mol. The second-order valence-electron chi connectivity index (χ2n) is 6.26. The quantitative estimate of drug-likeness (QED) is 0.723. The van der Waals surface area contributed by atoms with Gasteiger partial charge in [0, 0.05) is 12.0 Å². The molecule has 1 aromatic rings. The lowest BCUT2D eigenvalue weighted by Crippen LogP contribution is -2.41. The molecule has 0 fully saturated rings. The zero-order valence-corrected chi connectivity index (χ0v) is 11.4. The standard InChI is InChI=1S/C17H20O2/c1-11-5-6-12-4-2-3-8-17-9-7-13(18)10-14(17)19-16(11)15(12)17/h5-7,9,13-14,18H,2-4,8,10H2,1H3/t13-,14-,17+/m0/s1. The zero-order valence-electron chi connectivity index (χ0n) is 11.4. The molecule has 0 amide bonds. The van der Waals surface area contributed by atoms with Crippen LogP contribution in [0.5, 0.6) is 5.75 Å². The maximum Gasteiger partial charge on any atom is 0.127 e. The Morgan fingerprint density at radius 3 is 3.11 bits per heavy atom. The van der Waals surface area contributed by atoms with Crippen molar-refractivity contribution < 1.29 is 9.84 Å². The number of aryl methyl sites for hydroxylation is 2. The van der Waals surface area contributed by atoms with Gasteiger partial charge >= 0.3 is 0 Å². The number of ether oxygens (including phenoxy) is 1. The van der Waals surface area contributed by atoms with Crippen molar-refractivity contribution in [3.05, 3.63) is 41.0 Å². The lowest BCUT2D eigenvalue weighted by atomic mass is 9.69. The fourth-order valence-electron chi connectivity index (χ4n) is 4.14. The highest BCUT2D eigenvalue weighted by molar-refractivity contribution is 5.57. The molecule has 2 nitrogen and oxygen atoms in total. The van der Waals surface area contributed by atoms with E-state index in [1.54, 1.807) is 0 Å². The Hall–Kier alpha value is -1.28. The molecule has 4 rings (SSSR count). The van der Waals surface area contributed by atoms with E-state index in [4.69, 9.17) is 4.74 Å². The topological polar surface area (TPSA) is 29.5 Å². The van der Waals surface area contributed by atoms with Gasteiger partial charge in [0.25, 0.3) is 0 Å². The van der Waals surface area contributed by atoms with E-state index in [2.05, 4.69) is 25.1 Å². The van der Waals surface area contributed by atoms with Crippen molar-refractivity contribution in [2.24, 2.45) is 0 Å². The van der Waals surface area contributed by atoms with Crippen LogP contribution in [-0.2, 0) is 11.8 Å². The predicted octanol–water partition coefficient (Wildman–Crippen LogP) is 3.04. The third kappa shape index (κ3) is 1.47. The maximum absolute atomic E-state index is 9.91. The summed E-state index contributed by atoms with van der Waals surface area (Å²) in [5.74, 6) is 1.10. The van der Waals surface area contributed by atoms with E-state index in [9.17, 15) is 5.11 Å². The Morgan fingerprint density at radius 1 is 1.32 bits per heavy atom. The number of hydrogen-bond donors (Lipinski definition) is 1. The molecule has 0 radical (unpaired) electrons. The molecule has 0 bridgehead atoms. The molecule has 100 valence electrons. The van der Waals surface area contributed by atoms with E-state index < -0.39 is 0 Å². The van der Waals surface area contributed by atoms with E-state index in [0.29, 0.717) is 0 Å².